The quantitative estimate of drug-likeness (QED) is 0.286. The van der Waals surface area contributed by atoms with Gasteiger partial charge in [-0.25, -0.2) is 4.98 Å². The molecule has 2 heterocycles. The molecule has 152 valence electrons. The molecule has 1 saturated heterocycles. The van der Waals surface area contributed by atoms with Gasteiger partial charge in [0.05, 0.1) is 18.6 Å². The Morgan fingerprint density at radius 3 is 2.81 bits per heavy atom. The van der Waals surface area contributed by atoms with Crippen molar-refractivity contribution in [1.29, 1.82) is 0 Å². The summed E-state index contributed by atoms with van der Waals surface area (Å²) >= 11 is 0. The van der Waals surface area contributed by atoms with Crippen molar-refractivity contribution in [3.8, 4) is 5.88 Å². The molecule has 0 aromatic carbocycles. The minimum Gasteiger partial charge on any atom is -0.475 e. The summed E-state index contributed by atoms with van der Waals surface area (Å²) in [5.74, 6) is 1.22. The van der Waals surface area contributed by atoms with E-state index in [0.29, 0.717) is 25.6 Å². The number of aromatic nitrogens is 1. The minimum atomic E-state index is -0.113. The molecule has 0 bridgehead atoms. The van der Waals surface area contributed by atoms with Gasteiger partial charge in [-0.3, -0.25) is 9.79 Å². The zero-order chi connectivity index (χ0) is 18.9. The highest BCUT2D eigenvalue weighted by Gasteiger charge is 2.28. The summed E-state index contributed by atoms with van der Waals surface area (Å²) in [7, 11) is 1.76. The van der Waals surface area contributed by atoms with E-state index in [1.54, 1.807) is 13.2 Å². The molecule has 7 nitrogen and oxygen atoms in total. The molecule has 1 fully saturated rings. The van der Waals surface area contributed by atoms with Crippen molar-refractivity contribution in [2.75, 3.05) is 26.7 Å². The monoisotopic (exact) mass is 490 g/mol. The summed E-state index contributed by atoms with van der Waals surface area (Å²) in [4.78, 5) is 22.8. The van der Waals surface area contributed by atoms with Crippen molar-refractivity contribution in [2.24, 2.45) is 10.9 Å². The van der Waals surface area contributed by atoms with Gasteiger partial charge in [-0.05, 0) is 39.2 Å². The second-order valence-corrected chi connectivity index (χ2v) is 6.61. The predicted octanol–water partition coefficient (Wildman–Crippen LogP) is 2.84. The lowest BCUT2D eigenvalue weighted by Crippen LogP contribution is -2.48. The molecule has 1 atom stereocenters. The number of hydrogen-bond acceptors (Lipinski definition) is 5. The Hall–Kier alpha value is -1.58. The molecule has 27 heavy (non-hydrogen) atoms. The van der Waals surface area contributed by atoms with Crippen molar-refractivity contribution in [3.63, 3.8) is 0 Å². The fraction of sp³-hybridized carbons (Fsp3) is 0.632. The lowest BCUT2D eigenvalue weighted by atomic mass is 9.98. The van der Waals surface area contributed by atoms with E-state index in [1.165, 1.54) is 0 Å². The number of aliphatic imine (C=N–C) groups is 1. The van der Waals surface area contributed by atoms with Crippen LogP contribution in [0.15, 0.2) is 23.3 Å². The number of likely N-dealkylation sites (tertiary alicyclic amines) is 1. The number of piperidine rings is 1. The van der Waals surface area contributed by atoms with E-state index in [1.807, 2.05) is 32.9 Å². The molecule has 0 amide bonds. The Labute approximate surface area is 178 Å². The Bertz CT molecular complexity index is 607. The number of guanidine groups is 1. The van der Waals surface area contributed by atoms with Crippen LogP contribution in [0.1, 0.15) is 39.2 Å². The fourth-order valence-electron chi connectivity index (χ4n) is 2.96. The average molecular weight is 490 g/mol. The van der Waals surface area contributed by atoms with Gasteiger partial charge in [0.25, 0.3) is 0 Å². The van der Waals surface area contributed by atoms with E-state index < -0.39 is 0 Å². The van der Waals surface area contributed by atoms with Gasteiger partial charge in [0.15, 0.2) is 5.96 Å². The fourth-order valence-corrected chi connectivity index (χ4v) is 2.96. The highest BCUT2D eigenvalue weighted by atomic mass is 127. The second-order valence-electron chi connectivity index (χ2n) is 6.61. The van der Waals surface area contributed by atoms with Gasteiger partial charge in [0, 0.05) is 38.9 Å². The Morgan fingerprint density at radius 2 is 2.22 bits per heavy atom. The zero-order valence-electron chi connectivity index (χ0n) is 16.6. The topological polar surface area (TPSA) is 76.0 Å². The number of carbonyl (C=O) groups is 1. The van der Waals surface area contributed by atoms with E-state index in [2.05, 4.69) is 20.2 Å². The summed E-state index contributed by atoms with van der Waals surface area (Å²) in [6.45, 7) is 8.35. The van der Waals surface area contributed by atoms with Gasteiger partial charge < -0.3 is 19.7 Å². The summed E-state index contributed by atoms with van der Waals surface area (Å²) in [6.07, 6.45) is 3.73. The van der Waals surface area contributed by atoms with Gasteiger partial charge in [-0.2, -0.15) is 0 Å². The van der Waals surface area contributed by atoms with Crippen molar-refractivity contribution in [2.45, 2.75) is 46.3 Å². The van der Waals surface area contributed by atoms with Crippen molar-refractivity contribution >= 4 is 35.9 Å². The Balaban J connectivity index is 0.00000364. The molecule has 1 aromatic heterocycles. The van der Waals surface area contributed by atoms with Crippen molar-refractivity contribution < 1.29 is 14.3 Å². The molecule has 0 saturated carbocycles. The molecule has 1 N–H and O–H groups in total. The molecule has 0 radical (unpaired) electrons. The van der Waals surface area contributed by atoms with Crippen LogP contribution in [0.3, 0.4) is 0 Å². The summed E-state index contributed by atoms with van der Waals surface area (Å²) in [6, 6.07) is 3.86. The number of nitrogens with zero attached hydrogens (tertiary/aromatic N) is 3. The number of rotatable bonds is 6. The van der Waals surface area contributed by atoms with Crippen LogP contribution < -0.4 is 10.1 Å². The van der Waals surface area contributed by atoms with Gasteiger partial charge >= 0.3 is 5.97 Å². The minimum absolute atomic E-state index is 0. The van der Waals surface area contributed by atoms with Crippen LogP contribution in [-0.2, 0) is 16.1 Å². The standard InChI is InChI=1S/C19H30N4O3.HI/c1-5-25-18(24)16-7-6-10-23(13-16)19(20-4)22-12-15-8-9-17(21-11-15)26-14(2)3;/h8-9,11,14,16H,5-7,10,12-13H2,1-4H3,(H,20,22);1H. The van der Waals surface area contributed by atoms with Crippen LogP contribution in [0.5, 0.6) is 5.88 Å². The SMILES string of the molecule is CCOC(=O)C1CCCN(C(=NC)NCc2ccc(OC(C)C)nc2)C1.I. The van der Waals surface area contributed by atoms with E-state index in [-0.39, 0.29) is 42.0 Å². The van der Waals surface area contributed by atoms with Gasteiger partial charge in [0.2, 0.25) is 5.88 Å². The number of hydrogen-bond donors (Lipinski definition) is 1. The van der Waals surface area contributed by atoms with E-state index in [9.17, 15) is 4.79 Å². The molecular formula is C19H31IN4O3. The van der Waals surface area contributed by atoms with Gasteiger partial charge in [0.1, 0.15) is 0 Å². The molecule has 1 aliphatic rings. The van der Waals surface area contributed by atoms with E-state index >= 15 is 0 Å². The van der Waals surface area contributed by atoms with Gasteiger partial charge in [-0.15, -0.1) is 24.0 Å². The summed E-state index contributed by atoms with van der Waals surface area (Å²) < 4.78 is 10.7. The molecule has 1 aliphatic heterocycles. The molecule has 2 rings (SSSR count). The first-order chi connectivity index (χ1) is 12.5. The largest absolute Gasteiger partial charge is 0.475 e. The Kier molecular flexibility index (Phi) is 10.4. The smallest absolute Gasteiger partial charge is 0.310 e. The zero-order valence-corrected chi connectivity index (χ0v) is 18.9. The van der Waals surface area contributed by atoms with E-state index in [4.69, 9.17) is 9.47 Å². The van der Waals surface area contributed by atoms with Crippen molar-refractivity contribution in [3.05, 3.63) is 23.9 Å². The van der Waals surface area contributed by atoms with Gasteiger partial charge in [-0.1, -0.05) is 6.07 Å². The summed E-state index contributed by atoms with van der Waals surface area (Å²) in [5, 5.41) is 3.35. The average Bonchev–Trinajstić information content (AvgIpc) is 2.63. The highest BCUT2D eigenvalue weighted by molar-refractivity contribution is 14.0. The number of esters is 1. The Morgan fingerprint density at radius 1 is 1.44 bits per heavy atom. The molecule has 1 aromatic rings. The summed E-state index contributed by atoms with van der Waals surface area (Å²) in [5.41, 5.74) is 1.04. The number of halogens is 1. The number of carbonyl (C=O) groups excluding carboxylic acids is 1. The maximum absolute atomic E-state index is 12.0. The van der Waals surface area contributed by atoms with Crippen LogP contribution in [0.25, 0.3) is 0 Å². The predicted molar refractivity (Wildman–Crippen MR) is 117 cm³/mol. The third kappa shape index (κ3) is 7.51. The van der Waals surface area contributed by atoms with Crippen LogP contribution >= 0.6 is 24.0 Å². The molecule has 8 heteroatoms. The van der Waals surface area contributed by atoms with Crippen LogP contribution in [-0.4, -0.2) is 54.7 Å². The normalized spacial score (nSPS) is 17.3. The lowest BCUT2D eigenvalue weighted by Gasteiger charge is -2.33. The van der Waals surface area contributed by atoms with Crippen molar-refractivity contribution in [1.82, 2.24) is 15.2 Å². The maximum atomic E-state index is 12.0. The first kappa shape index (κ1) is 23.5. The molecular weight excluding hydrogens is 459 g/mol. The second kappa shape index (κ2) is 12.0. The maximum Gasteiger partial charge on any atom is 0.310 e. The van der Waals surface area contributed by atoms with E-state index in [0.717, 1.165) is 30.9 Å². The van der Waals surface area contributed by atoms with Crippen LogP contribution in [0.2, 0.25) is 0 Å². The number of nitrogens with one attached hydrogen (secondary N) is 1. The van der Waals surface area contributed by atoms with Crippen LogP contribution in [0, 0.1) is 5.92 Å². The first-order valence-corrected chi connectivity index (χ1v) is 9.27. The third-order valence-corrected chi connectivity index (χ3v) is 4.16. The lowest BCUT2D eigenvalue weighted by molar-refractivity contribution is -0.149. The molecule has 1 unspecified atom stereocenters. The molecule has 0 spiro atoms. The van der Waals surface area contributed by atoms with Crippen LogP contribution in [0.4, 0.5) is 0 Å². The molecule has 0 aliphatic carbocycles. The number of pyridine rings is 1. The number of ether oxygens (including phenoxy) is 2. The third-order valence-electron chi connectivity index (χ3n) is 4.16. The highest BCUT2D eigenvalue weighted by Crippen LogP contribution is 2.18. The first-order valence-electron chi connectivity index (χ1n) is 9.27.